The third-order valence-electron chi connectivity index (χ3n) is 5.57. The summed E-state index contributed by atoms with van der Waals surface area (Å²) in [6, 6.07) is 21.5. The molecule has 1 aliphatic heterocycles. The summed E-state index contributed by atoms with van der Waals surface area (Å²) in [5.74, 6) is -0.685. The van der Waals surface area contributed by atoms with Gasteiger partial charge in [0.2, 0.25) is 11.8 Å². The molecule has 2 amide bonds. The lowest BCUT2D eigenvalue weighted by Gasteiger charge is -2.32. The Morgan fingerprint density at radius 1 is 0.970 bits per heavy atom. The number of nitrogens with zero attached hydrogens (tertiary/aromatic N) is 1. The zero-order chi connectivity index (χ0) is 23.2. The van der Waals surface area contributed by atoms with Crippen molar-refractivity contribution in [2.75, 3.05) is 18.4 Å². The van der Waals surface area contributed by atoms with E-state index in [4.69, 9.17) is 16.3 Å². The Morgan fingerprint density at radius 2 is 1.64 bits per heavy atom. The fourth-order valence-electron chi connectivity index (χ4n) is 3.80. The number of amides is 2. The molecule has 0 aromatic heterocycles. The zero-order valence-corrected chi connectivity index (χ0v) is 18.7. The molecule has 0 bridgehead atoms. The zero-order valence-electron chi connectivity index (χ0n) is 18.0. The predicted octanol–water partition coefficient (Wildman–Crippen LogP) is 5.54. The van der Waals surface area contributed by atoms with Crippen LogP contribution in [0, 0.1) is 5.82 Å². The molecule has 170 valence electrons. The van der Waals surface area contributed by atoms with Crippen LogP contribution in [-0.2, 0) is 9.59 Å². The van der Waals surface area contributed by atoms with Crippen molar-refractivity contribution in [1.29, 1.82) is 0 Å². The summed E-state index contributed by atoms with van der Waals surface area (Å²) >= 11 is 6.06. The number of nitrogens with one attached hydrogen (secondary N) is 1. The van der Waals surface area contributed by atoms with Crippen LogP contribution in [0.4, 0.5) is 10.1 Å². The number of rotatable bonds is 6. The lowest BCUT2D eigenvalue weighted by atomic mass is 10.1. The van der Waals surface area contributed by atoms with Crippen molar-refractivity contribution in [2.45, 2.75) is 25.4 Å². The highest BCUT2D eigenvalue weighted by Gasteiger charge is 2.25. The van der Waals surface area contributed by atoms with E-state index in [1.54, 1.807) is 4.90 Å². The van der Waals surface area contributed by atoms with Crippen LogP contribution < -0.4 is 10.1 Å². The third kappa shape index (κ3) is 6.11. The number of carbonyl (C=O) groups excluding carboxylic acids is 2. The van der Waals surface area contributed by atoms with Crippen LogP contribution >= 0.6 is 11.6 Å². The van der Waals surface area contributed by atoms with Crippen LogP contribution in [0.15, 0.2) is 72.8 Å². The van der Waals surface area contributed by atoms with Crippen LogP contribution in [0.25, 0.3) is 11.1 Å². The van der Waals surface area contributed by atoms with Crippen LogP contribution in [0.2, 0.25) is 5.02 Å². The van der Waals surface area contributed by atoms with Crippen LogP contribution in [0.5, 0.6) is 5.75 Å². The number of hydrogen-bond donors (Lipinski definition) is 1. The van der Waals surface area contributed by atoms with Gasteiger partial charge in [-0.15, -0.1) is 0 Å². The Hall–Kier alpha value is -3.38. The Bertz CT molecular complexity index is 1110. The molecule has 7 heteroatoms. The van der Waals surface area contributed by atoms with Crippen LogP contribution in [0.1, 0.15) is 19.3 Å². The molecule has 0 radical (unpaired) electrons. The van der Waals surface area contributed by atoms with E-state index in [0.717, 1.165) is 11.1 Å². The minimum absolute atomic E-state index is 0.162. The van der Waals surface area contributed by atoms with Gasteiger partial charge in [0.05, 0.1) is 5.02 Å². The molecule has 5 nitrogen and oxygen atoms in total. The quantitative estimate of drug-likeness (QED) is 0.485. The monoisotopic (exact) mass is 466 g/mol. The number of likely N-dealkylation sites (tertiary alicyclic amines) is 1. The summed E-state index contributed by atoms with van der Waals surface area (Å²) in [5, 5.41) is 3.13. The molecule has 1 fully saturated rings. The van der Waals surface area contributed by atoms with E-state index in [2.05, 4.69) is 5.32 Å². The molecular formula is C26H24ClFN2O3. The fraction of sp³-hybridized carbons (Fsp3) is 0.231. The Labute approximate surface area is 197 Å². The van der Waals surface area contributed by atoms with Gasteiger partial charge in [-0.2, -0.15) is 0 Å². The maximum atomic E-state index is 13.4. The first kappa shape index (κ1) is 22.8. The minimum atomic E-state index is -0.414. The molecule has 1 N–H and O–H groups in total. The van der Waals surface area contributed by atoms with E-state index in [1.807, 2.05) is 54.6 Å². The number of hydrogen-bond acceptors (Lipinski definition) is 3. The summed E-state index contributed by atoms with van der Waals surface area (Å²) in [4.78, 5) is 26.6. The van der Waals surface area contributed by atoms with Crippen molar-refractivity contribution in [2.24, 2.45) is 0 Å². The predicted molar refractivity (Wildman–Crippen MR) is 127 cm³/mol. The summed E-state index contributed by atoms with van der Waals surface area (Å²) in [7, 11) is 0. The van der Waals surface area contributed by atoms with Gasteiger partial charge in [0.1, 0.15) is 24.1 Å². The molecule has 3 aromatic carbocycles. The van der Waals surface area contributed by atoms with E-state index in [-0.39, 0.29) is 24.3 Å². The summed E-state index contributed by atoms with van der Waals surface area (Å²) in [6.45, 7) is 0.935. The van der Waals surface area contributed by atoms with Gasteiger partial charge in [-0.25, -0.2) is 4.39 Å². The first-order chi connectivity index (χ1) is 16.0. The summed E-state index contributed by atoms with van der Waals surface area (Å²) in [5.41, 5.74) is 2.79. The molecule has 1 heterocycles. The number of halogens is 2. The van der Waals surface area contributed by atoms with Gasteiger partial charge in [-0.05, 0) is 35.4 Å². The van der Waals surface area contributed by atoms with Crippen LogP contribution in [-0.4, -0.2) is 35.9 Å². The second-order valence-corrected chi connectivity index (χ2v) is 8.35. The lowest BCUT2D eigenvalue weighted by molar-refractivity contribution is -0.136. The molecule has 0 atom stereocenters. The van der Waals surface area contributed by atoms with Gasteiger partial charge in [0, 0.05) is 37.7 Å². The Morgan fingerprint density at radius 3 is 2.33 bits per heavy atom. The summed E-state index contributed by atoms with van der Waals surface area (Å²) in [6.07, 6.45) is 0.787. The first-order valence-corrected chi connectivity index (χ1v) is 11.2. The molecule has 0 spiro atoms. The van der Waals surface area contributed by atoms with Crippen LogP contribution in [0.3, 0.4) is 0 Å². The average Bonchev–Trinajstić information content (AvgIpc) is 2.83. The van der Waals surface area contributed by atoms with E-state index < -0.39 is 5.82 Å². The molecule has 0 unspecified atom stereocenters. The van der Waals surface area contributed by atoms with Gasteiger partial charge >= 0.3 is 0 Å². The van der Waals surface area contributed by atoms with E-state index >= 15 is 0 Å². The van der Waals surface area contributed by atoms with Gasteiger partial charge in [0.25, 0.3) is 0 Å². The van der Waals surface area contributed by atoms with Gasteiger partial charge in [-0.3, -0.25) is 9.59 Å². The number of carbonyl (C=O) groups is 2. The molecule has 33 heavy (non-hydrogen) atoms. The van der Waals surface area contributed by atoms with E-state index in [0.29, 0.717) is 42.4 Å². The molecule has 3 aromatic rings. The van der Waals surface area contributed by atoms with Crippen molar-refractivity contribution >= 4 is 29.1 Å². The van der Waals surface area contributed by atoms with Crippen molar-refractivity contribution < 1.29 is 18.7 Å². The number of piperidine rings is 1. The Balaban J connectivity index is 1.24. The molecule has 1 aliphatic rings. The second kappa shape index (κ2) is 10.5. The highest BCUT2D eigenvalue weighted by Crippen LogP contribution is 2.28. The maximum absolute atomic E-state index is 13.4. The SMILES string of the molecule is O=C(CC(=O)N1CCC(Oc2cc(F)ccc2Cl)CC1)Nc1ccc(-c2ccccc2)cc1. The topological polar surface area (TPSA) is 58.6 Å². The van der Waals surface area contributed by atoms with E-state index in [9.17, 15) is 14.0 Å². The average molecular weight is 467 g/mol. The molecule has 0 saturated carbocycles. The number of anilines is 1. The van der Waals surface area contributed by atoms with E-state index in [1.165, 1.54) is 18.2 Å². The molecule has 0 aliphatic carbocycles. The van der Waals surface area contributed by atoms with Crippen molar-refractivity contribution in [3.63, 3.8) is 0 Å². The van der Waals surface area contributed by atoms with Crippen molar-refractivity contribution in [3.8, 4) is 16.9 Å². The largest absolute Gasteiger partial charge is 0.489 e. The Kier molecular flexibility index (Phi) is 7.25. The maximum Gasteiger partial charge on any atom is 0.233 e. The minimum Gasteiger partial charge on any atom is -0.489 e. The number of benzene rings is 3. The smallest absolute Gasteiger partial charge is 0.233 e. The highest BCUT2D eigenvalue weighted by molar-refractivity contribution is 6.32. The van der Waals surface area contributed by atoms with Gasteiger partial charge in [0.15, 0.2) is 0 Å². The molecular weight excluding hydrogens is 443 g/mol. The van der Waals surface area contributed by atoms with Crippen molar-refractivity contribution in [3.05, 3.63) is 83.6 Å². The standard InChI is InChI=1S/C26H24ClFN2O3/c27-23-11-8-20(28)16-24(23)33-22-12-14-30(15-13-22)26(32)17-25(31)29-21-9-6-19(7-10-21)18-4-2-1-3-5-18/h1-11,16,22H,12-15,17H2,(H,29,31). The lowest BCUT2D eigenvalue weighted by Crippen LogP contribution is -2.42. The number of ether oxygens (including phenoxy) is 1. The molecule has 4 rings (SSSR count). The highest BCUT2D eigenvalue weighted by atomic mass is 35.5. The molecule has 1 saturated heterocycles. The first-order valence-electron chi connectivity index (χ1n) is 10.8. The normalized spacial score (nSPS) is 14.1. The fourth-order valence-corrected chi connectivity index (χ4v) is 3.96. The third-order valence-corrected chi connectivity index (χ3v) is 5.88. The van der Waals surface area contributed by atoms with Crippen molar-refractivity contribution in [1.82, 2.24) is 4.90 Å². The van der Waals surface area contributed by atoms with Gasteiger partial charge in [-0.1, -0.05) is 54.1 Å². The van der Waals surface area contributed by atoms with Gasteiger partial charge < -0.3 is 15.0 Å². The second-order valence-electron chi connectivity index (χ2n) is 7.94. The summed E-state index contributed by atoms with van der Waals surface area (Å²) < 4.78 is 19.2.